The third-order valence-electron chi connectivity index (χ3n) is 4.73. The van der Waals surface area contributed by atoms with Gasteiger partial charge < -0.3 is 10.1 Å². The van der Waals surface area contributed by atoms with E-state index in [2.05, 4.69) is 55.0 Å². The summed E-state index contributed by atoms with van der Waals surface area (Å²) in [6.45, 7) is 11.1. The fourth-order valence-corrected chi connectivity index (χ4v) is 4.17. The first-order valence-corrected chi connectivity index (χ1v) is 12.1. The van der Waals surface area contributed by atoms with E-state index in [-0.39, 0.29) is 23.7 Å². The first kappa shape index (κ1) is 25.1. The normalized spacial score (nSPS) is 11.3. The number of amides is 1. The van der Waals surface area contributed by atoms with Gasteiger partial charge in [0.15, 0.2) is 11.0 Å². The molecule has 1 N–H and O–H groups in total. The van der Waals surface area contributed by atoms with Crippen LogP contribution in [0.15, 0.2) is 60.3 Å². The quantitative estimate of drug-likeness (QED) is 0.270. The van der Waals surface area contributed by atoms with Gasteiger partial charge in [0.05, 0.1) is 16.5 Å². The molecule has 33 heavy (non-hydrogen) atoms. The van der Waals surface area contributed by atoms with E-state index in [0.29, 0.717) is 33.3 Å². The molecule has 0 atom stereocenters. The van der Waals surface area contributed by atoms with Crippen LogP contribution in [0, 0.1) is 0 Å². The lowest BCUT2D eigenvalue weighted by atomic mass is 9.87. The van der Waals surface area contributed by atoms with Crippen LogP contribution >= 0.6 is 35.0 Å². The molecule has 0 aliphatic rings. The topological polar surface area (TPSA) is 69.0 Å². The summed E-state index contributed by atoms with van der Waals surface area (Å²) < 4.78 is 7.79. The molecule has 3 aromatic rings. The largest absolute Gasteiger partial charge is 0.486 e. The Hall–Kier alpha value is -2.48. The van der Waals surface area contributed by atoms with Crippen molar-refractivity contribution < 1.29 is 9.53 Å². The van der Waals surface area contributed by atoms with Crippen LogP contribution in [0.3, 0.4) is 0 Å². The van der Waals surface area contributed by atoms with Gasteiger partial charge in [-0.05, 0) is 41.3 Å². The molecule has 0 aliphatic carbocycles. The van der Waals surface area contributed by atoms with Crippen molar-refractivity contribution in [2.24, 2.45) is 0 Å². The number of rotatable bonds is 9. The number of aromatic nitrogens is 3. The summed E-state index contributed by atoms with van der Waals surface area (Å²) in [5.41, 5.74) is 1.83. The Balaban J connectivity index is 1.61. The number of nitrogens with one attached hydrogen (secondary N) is 1. The van der Waals surface area contributed by atoms with Crippen molar-refractivity contribution in [2.45, 2.75) is 44.5 Å². The van der Waals surface area contributed by atoms with Gasteiger partial charge in [-0.25, -0.2) is 0 Å². The molecule has 2 aromatic carbocycles. The number of nitrogens with zero attached hydrogens (tertiary/aromatic N) is 3. The Labute approximate surface area is 208 Å². The number of thioether (sulfide) groups is 1. The third kappa shape index (κ3) is 7.00. The van der Waals surface area contributed by atoms with E-state index in [0.717, 1.165) is 5.75 Å². The highest BCUT2D eigenvalue weighted by Crippen LogP contribution is 2.27. The minimum Gasteiger partial charge on any atom is -0.486 e. The first-order chi connectivity index (χ1) is 15.7. The zero-order chi connectivity index (χ0) is 24.0. The Morgan fingerprint density at radius 3 is 2.55 bits per heavy atom. The average Bonchev–Trinajstić information content (AvgIpc) is 3.14. The number of carbonyl (C=O) groups is 1. The molecular weight excluding hydrogens is 479 g/mol. The molecule has 0 unspecified atom stereocenters. The molecule has 0 aliphatic heterocycles. The first-order valence-electron chi connectivity index (χ1n) is 10.3. The second-order valence-corrected chi connectivity index (χ2v) is 10.1. The molecular formula is C24H26Cl2N4O2S. The number of anilines is 1. The molecule has 0 radical (unpaired) electrons. The smallest absolute Gasteiger partial charge is 0.234 e. The zero-order valence-electron chi connectivity index (χ0n) is 18.8. The highest BCUT2D eigenvalue weighted by atomic mass is 35.5. The van der Waals surface area contributed by atoms with Crippen LogP contribution in [0.2, 0.25) is 10.0 Å². The van der Waals surface area contributed by atoms with Gasteiger partial charge in [-0.1, -0.05) is 73.9 Å². The van der Waals surface area contributed by atoms with Crippen molar-refractivity contribution in [3.05, 3.63) is 76.6 Å². The Bertz CT molecular complexity index is 1120. The van der Waals surface area contributed by atoms with Crippen LogP contribution in [0.1, 0.15) is 32.2 Å². The Morgan fingerprint density at radius 2 is 1.91 bits per heavy atom. The second-order valence-electron chi connectivity index (χ2n) is 8.32. The number of hydrogen-bond acceptors (Lipinski definition) is 5. The summed E-state index contributed by atoms with van der Waals surface area (Å²) in [4.78, 5) is 12.4. The van der Waals surface area contributed by atoms with E-state index in [9.17, 15) is 4.79 Å². The zero-order valence-corrected chi connectivity index (χ0v) is 21.1. The molecule has 0 saturated heterocycles. The highest BCUT2D eigenvalue weighted by Gasteiger charge is 2.16. The van der Waals surface area contributed by atoms with Crippen LogP contribution in [0.25, 0.3) is 0 Å². The van der Waals surface area contributed by atoms with E-state index < -0.39 is 0 Å². The van der Waals surface area contributed by atoms with E-state index >= 15 is 0 Å². The molecule has 6 nitrogen and oxygen atoms in total. The summed E-state index contributed by atoms with van der Waals surface area (Å²) in [7, 11) is 0. The van der Waals surface area contributed by atoms with Crippen LogP contribution in [0.5, 0.6) is 5.75 Å². The van der Waals surface area contributed by atoms with Crippen LogP contribution < -0.4 is 10.1 Å². The van der Waals surface area contributed by atoms with E-state index in [1.165, 1.54) is 17.3 Å². The Kier molecular flexibility index (Phi) is 8.46. The van der Waals surface area contributed by atoms with Gasteiger partial charge in [0.1, 0.15) is 12.4 Å². The average molecular weight is 505 g/mol. The predicted molar refractivity (Wildman–Crippen MR) is 136 cm³/mol. The van der Waals surface area contributed by atoms with Crippen molar-refractivity contribution in [3.63, 3.8) is 0 Å². The van der Waals surface area contributed by atoms with Crippen molar-refractivity contribution in [2.75, 3.05) is 11.1 Å². The van der Waals surface area contributed by atoms with Gasteiger partial charge in [-0.3, -0.25) is 9.36 Å². The number of hydrogen-bond donors (Lipinski definition) is 1. The number of halogens is 2. The van der Waals surface area contributed by atoms with Crippen LogP contribution in [0.4, 0.5) is 5.69 Å². The van der Waals surface area contributed by atoms with Gasteiger partial charge in [0.2, 0.25) is 5.91 Å². The number of benzene rings is 2. The van der Waals surface area contributed by atoms with Gasteiger partial charge in [0.25, 0.3) is 0 Å². The second kappa shape index (κ2) is 11.1. The van der Waals surface area contributed by atoms with Gasteiger partial charge in [-0.15, -0.1) is 16.8 Å². The Morgan fingerprint density at radius 1 is 1.18 bits per heavy atom. The van der Waals surface area contributed by atoms with Crippen molar-refractivity contribution in [1.82, 2.24) is 14.8 Å². The van der Waals surface area contributed by atoms with E-state index in [1.807, 2.05) is 16.7 Å². The third-order valence-corrected chi connectivity index (χ3v) is 6.25. The lowest BCUT2D eigenvalue weighted by Gasteiger charge is -2.19. The molecule has 0 fully saturated rings. The molecule has 0 saturated carbocycles. The summed E-state index contributed by atoms with van der Waals surface area (Å²) in [6, 6.07) is 13.0. The molecule has 1 heterocycles. The molecule has 0 spiro atoms. The maximum atomic E-state index is 12.4. The molecule has 1 amide bonds. The van der Waals surface area contributed by atoms with Gasteiger partial charge in [0, 0.05) is 11.6 Å². The summed E-state index contributed by atoms with van der Waals surface area (Å²) in [5, 5.41) is 12.7. The fourth-order valence-electron chi connectivity index (χ4n) is 2.95. The lowest BCUT2D eigenvalue weighted by Crippen LogP contribution is -2.15. The summed E-state index contributed by atoms with van der Waals surface area (Å²) in [6.07, 6.45) is 1.75. The van der Waals surface area contributed by atoms with Crippen LogP contribution in [-0.2, 0) is 23.4 Å². The number of ether oxygens (including phenoxy) is 1. The van der Waals surface area contributed by atoms with E-state index in [1.54, 1.807) is 24.3 Å². The van der Waals surface area contributed by atoms with Crippen molar-refractivity contribution >= 4 is 46.6 Å². The molecule has 0 bridgehead atoms. The molecule has 3 rings (SSSR count). The van der Waals surface area contributed by atoms with Gasteiger partial charge >= 0.3 is 0 Å². The van der Waals surface area contributed by atoms with Crippen molar-refractivity contribution in [1.29, 1.82) is 0 Å². The SMILES string of the molecule is C=CCn1c(COc2ccc(C(C)(C)C)cc2)nnc1SCC(=O)Nc1ccc(Cl)cc1Cl. The molecule has 174 valence electrons. The maximum absolute atomic E-state index is 12.4. The van der Waals surface area contributed by atoms with Gasteiger partial charge in [-0.2, -0.15) is 0 Å². The molecule has 1 aromatic heterocycles. The number of carbonyl (C=O) groups excluding carboxylic acids is 1. The monoisotopic (exact) mass is 504 g/mol. The lowest BCUT2D eigenvalue weighted by molar-refractivity contribution is -0.113. The summed E-state index contributed by atoms with van der Waals surface area (Å²) >= 11 is 13.3. The van der Waals surface area contributed by atoms with Crippen molar-refractivity contribution in [3.8, 4) is 5.75 Å². The van der Waals surface area contributed by atoms with E-state index in [4.69, 9.17) is 27.9 Å². The minimum absolute atomic E-state index is 0.0833. The number of allylic oxidation sites excluding steroid dienone is 1. The highest BCUT2D eigenvalue weighted by molar-refractivity contribution is 7.99. The molecule has 9 heteroatoms. The fraction of sp³-hybridized carbons (Fsp3) is 0.292. The maximum Gasteiger partial charge on any atom is 0.234 e. The summed E-state index contributed by atoms with van der Waals surface area (Å²) in [5.74, 6) is 1.33. The van der Waals surface area contributed by atoms with Crippen LogP contribution in [-0.4, -0.2) is 26.4 Å². The minimum atomic E-state index is -0.214. The predicted octanol–water partition coefficient (Wildman–Crippen LogP) is 6.38. The standard InChI is InChI=1S/C24H26Cl2N4O2S/c1-5-12-30-21(14-32-18-9-6-16(7-10-18)24(2,3)4)28-29-23(30)33-15-22(31)27-20-11-8-17(25)13-19(20)26/h5-11,13H,1,12,14-15H2,2-4H3,(H,27,31).